The maximum Gasteiger partial charge on any atom is 0.308 e. The summed E-state index contributed by atoms with van der Waals surface area (Å²) in [6.45, 7) is 0.950. The number of hydrogen-bond acceptors (Lipinski definition) is 9. The van der Waals surface area contributed by atoms with Crippen LogP contribution in [0.15, 0.2) is 12.1 Å². The molecular weight excluding hydrogens is 442 g/mol. The smallest absolute Gasteiger partial charge is 0.308 e. The summed E-state index contributed by atoms with van der Waals surface area (Å²) >= 11 is 5.37. The Kier molecular flexibility index (Phi) is 9.47. The van der Waals surface area contributed by atoms with Gasteiger partial charge in [0.1, 0.15) is 12.6 Å². The highest BCUT2D eigenvalue weighted by Crippen LogP contribution is 2.38. The minimum atomic E-state index is -0.911. The molecule has 1 fully saturated rings. The molecule has 0 radical (unpaired) electrons. The first-order chi connectivity index (χ1) is 15.4. The number of rotatable bonds is 9. The lowest BCUT2D eigenvalue weighted by Gasteiger charge is -2.36. The topological polar surface area (TPSA) is 125 Å². The van der Waals surface area contributed by atoms with Crippen LogP contribution in [-0.2, 0) is 19.1 Å². The fourth-order valence-corrected chi connectivity index (χ4v) is 3.38. The van der Waals surface area contributed by atoms with Crippen LogP contribution in [0, 0.1) is 0 Å². The molecule has 0 bridgehead atoms. The Morgan fingerprint density at radius 1 is 1.12 bits per heavy atom. The SMILES string of the molecule is COCCOC(=O)CC1C(=O)NCCN1C(=S)NC(=O)c1cc(OC)c(OC)c(OC)c1. The third-order valence-corrected chi connectivity index (χ3v) is 4.99. The first kappa shape index (κ1) is 25.1. The molecule has 1 unspecified atom stereocenters. The quantitative estimate of drug-likeness (QED) is 0.292. The molecule has 1 heterocycles. The van der Waals surface area contributed by atoms with Crippen molar-refractivity contribution >= 4 is 35.1 Å². The Bertz CT molecular complexity index is 838. The number of carbonyl (C=O) groups excluding carboxylic acids is 3. The van der Waals surface area contributed by atoms with Gasteiger partial charge in [0, 0.05) is 25.8 Å². The van der Waals surface area contributed by atoms with Crippen molar-refractivity contribution in [2.24, 2.45) is 0 Å². The standard InChI is InChI=1S/C20H27N3O8S/c1-27-7-8-31-16(24)11-13-19(26)21-5-6-23(13)20(32)22-18(25)12-9-14(28-2)17(30-4)15(10-12)29-3/h9-10,13H,5-8,11H2,1-4H3,(H,21,26)(H,22,25,32). The number of ether oxygens (including phenoxy) is 5. The summed E-state index contributed by atoms with van der Waals surface area (Å²) in [5.74, 6) is -0.554. The van der Waals surface area contributed by atoms with Gasteiger partial charge in [-0.15, -0.1) is 0 Å². The van der Waals surface area contributed by atoms with Crippen molar-refractivity contribution in [3.8, 4) is 17.2 Å². The summed E-state index contributed by atoms with van der Waals surface area (Å²) < 4.78 is 25.7. The monoisotopic (exact) mass is 469 g/mol. The van der Waals surface area contributed by atoms with E-state index in [4.69, 9.17) is 35.9 Å². The molecule has 11 nitrogen and oxygen atoms in total. The highest BCUT2D eigenvalue weighted by atomic mass is 32.1. The molecule has 2 rings (SSSR count). The van der Waals surface area contributed by atoms with Gasteiger partial charge in [-0.2, -0.15) is 0 Å². The third-order valence-electron chi connectivity index (χ3n) is 4.65. The Morgan fingerprint density at radius 2 is 1.78 bits per heavy atom. The number of nitrogens with zero attached hydrogens (tertiary/aromatic N) is 1. The molecule has 2 amide bonds. The number of thiocarbonyl (C=S) groups is 1. The van der Waals surface area contributed by atoms with E-state index in [0.717, 1.165) is 0 Å². The number of methoxy groups -OCH3 is 4. The summed E-state index contributed by atoms with van der Waals surface area (Å²) in [4.78, 5) is 38.8. The predicted molar refractivity (Wildman–Crippen MR) is 117 cm³/mol. The maximum atomic E-state index is 12.8. The molecule has 0 aromatic heterocycles. The molecule has 0 saturated carbocycles. The van der Waals surface area contributed by atoms with Crippen LogP contribution >= 0.6 is 12.2 Å². The maximum absolute atomic E-state index is 12.8. The van der Waals surface area contributed by atoms with E-state index in [1.54, 1.807) is 0 Å². The van der Waals surface area contributed by atoms with Gasteiger partial charge in [0.25, 0.3) is 5.91 Å². The first-order valence-electron chi connectivity index (χ1n) is 9.70. The number of piperazine rings is 1. The first-order valence-corrected chi connectivity index (χ1v) is 10.1. The second-order valence-electron chi connectivity index (χ2n) is 6.59. The van der Waals surface area contributed by atoms with Crippen molar-refractivity contribution in [1.82, 2.24) is 15.5 Å². The molecule has 1 aromatic rings. The largest absolute Gasteiger partial charge is 0.493 e. The molecule has 0 aliphatic carbocycles. The average Bonchev–Trinajstić information content (AvgIpc) is 2.79. The van der Waals surface area contributed by atoms with Crippen molar-refractivity contribution in [3.63, 3.8) is 0 Å². The van der Waals surface area contributed by atoms with Crippen molar-refractivity contribution in [2.45, 2.75) is 12.5 Å². The average molecular weight is 470 g/mol. The van der Waals surface area contributed by atoms with Crippen LogP contribution in [0.5, 0.6) is 17.2 Å². The van der Waals surface area contributed by atoms with Gasteiger partial charge in [-0.25, -0.2) is 0 Å². The molecule has 2 N–H and O–H groups in total. The summed E-state index contributed by atoms with van der Waals surface area (Å²) in [6.07, 6.45) is -0.226. The minimum absolute atomic E-state index is 0.00768. The van der Waals surface area contributed by atoms with Gasteiger partial charge in [0.2, 0.25) is 11.7 Å². The van der Waals surface area contributed by atoms with Crippen LogP contribution in [0.4, 0.5) is 0 Å². The van der Waals surface area contributed by atoms with E-state index in [9.17, 15) is 14.4 Å². The highest BCUT2D eigenvalue weighted by Gasteiger charge is 2.34. The number of amides is 2. The Morgan fingerprint density at radius 3 is 2.34 bits per heavy atom. The van der Waals surface area contributed by atoms with E-state index < -0.39 is 17.9 Å². The van der Waals surface area contributed by atoms with Gasteiger partial charge < -0.3 is 33.9 Å². The molecule has 12 heteroatoms. The second-order valence-corrected chi connectivity index (χ2v) is 6.98. The van der Waals surface area contributed by atoms with Crippen LogP contribution in [0.25, 0.3) is 0 Å². The van der Waals surface area contributed by atoms with E-state index in [0.29, 0.717) is 30.3 Å². The van der Waals surface area contributed by atoms with E-state index in [1.165, 1.54) is 45.5 Å². The normalized spacial score (nSPS) is 15.4. The molecule has 1 saturated heterocycles. The lowest BCUT2D eigenvalue weighted by Crippen LogP contribution is -2.60. The second kappa shape index (κ2) is 12.1. The molecule has 0 spiro atoms. The van der Waals surface area contributed by atoms with Gasteiger partial charge in [-0.3, -0.25) is 19.7 Å². The minimum Gasteiger partial charge on any atom is -0.493 e. The molecule has 1 aliphatic heterocycles. The van der Waals surface area contributed by atoms with Crippen molar-refractivity contribution in [1.29, 1.82) is 0 Å². The van der Waals surface area contributed by atoms with Crippen LogP contribution in [-0.4, -0.2) is 88.6 Å². The summed E-state index contributed by atoms with van der Waals surface area (Å²) in [5.41, 5.74) is 0.207. The van der Waals surface area contributed by atoms with Gasteiger partial charge in [0.15, 0.2) is 16.6 Å². The Hall–Kier alpha value is -3.12. The van der Waals surface area contributed by atoms with Crippen LogP contribution < -0.4 is 24.8 Å². The van der Waals surface area contributed by atoms with E-state index in [-0.39, 0.29) is 36.2 Å². The van der Waals surface area contributed by atoms with Crippen LogP contribution in [0.1, 0.15) is 16.8 Å². The van der Waals surface area contributed by atoms with Crippen LogP contribution in [0.2, 0.25) is 0 Å². The summed E-state index contributed by atoms with van der Waals surface area (Å²) in [6, 6.07) is 2.05. The zero-order valence-corrected chi connectivity index (χ0v) is 19.2. The lowest BCUT2D eigenvalue weighted by atomic mass is 10.1. The van der Waals surface area contributed by atoms with Crippen molar-refractivity contribution in [2.75, 3.05) is 54.7 Å². The number of carbonyl (C=O) groups is 3. The van der Waals surface area contributed by atoms with Gasteiger partial charge in [-0.05, 0) is 24.4 Å². The summed E-state index contributed by atoms with van der Waals surface area (Å²) in [7, 11) is 5.81. The Balaban J connectivity index is 2.14. The number of esters is 1. The van der Waals surface area contributed by atoms with Crippen molar-refractivity contribution < 1.29 is 38.1 Å². The lowest BCUT2D eigenvalue weighted by molar-refractivity contribution is -0.148. The number of nitrogens with one attached hydrogen (secondary N) is 2. The molecular formula is C20H27N3O8S. The highest BCUT2D eigenvalue weighted by molar-refractivity contribution is 7.80. The van der Waals surface area contributed by atoms with Gasteiger partial charge in [-0.1, -0.05) is 0 Å². The fraction of sp³-hybridized carbons (Fsp3) is 0.500. The zero-order chi connectivity index (χ0) is 23.7. The molecule has 1 aromatic carbocycles. The van der Waals surface area contributed by atoms with Gasteiger partial charge in [0.05, 0.1) is 34.4 Å². The predicted octanol–water partition coefficient (Wildman–Crippen LogP) is 0.107. The van der Waals surface area contributed by atoms with E-state index >= 15 is 0 Å². The zero-order valence-electron chi connectivity index (χ0n) is 18.4. The number of hydrogen-bond donors (Lipinski definition) is 2. The summed E-state index contributed by atoms with van der Waals surface area (Å²) in [5, 5.41) is 5.29. The molecule has 176 valence electrons. The van der Waals surface area contributed by atoms with Crippen LogP contribution in [0.3, 0.4) is 0 Å². The van der Waals surface area contributed by atoms with E-state index in [1.807, 2.05) is 0 Å². The number of benzene rings is 1. The molecule has 1 aliphatic rings. The third kappa shape index (κ3) is 6.20. The Labute approximate surface area is 191 Å². The molecule has 32 heavy (non-hydrogen) atoms. The molecule has 1 atom stereocenters. The van der Waals surface area contributed by atoms with Crippen molar-refractivity contribution in [3.05, 3.63) is 17.7 Å². The van der Waals surface area contributed by atoms with E-state index in [2.05, 4.69) is 10.6 Å². The van der Waals surface area contributed by atoms with Gasteiger partial charge >= 0.3 is 5.97 Å². The fourth-order valence-electron chi connectivity index (χ4n) is 3.07.